The van der Waals surface area contributed by atoms with Gasteiger partial charge in [0.2, 0.25) is 0 Å². The molecule has 0 bridgehead atoms. The highest BCUT2D eigenvalue weighted by molar-refractivity contribution is 7.89. The Hall–Kier alpha value is -1.70. The highest BCUT2D eigenvalue weighted by atomic mass is 32.2. The zero-order valence-electron chi connectivity index (χ0n) is 11.8. The van der Waals surface area contributed by atoms with E-state index in [2.05, 4.69) is 20.0 Å². The molecule has 0 saturated carbocycles. The molecule has 0 spiro atoms. The van der Waals surface area contributed by atoms with Gasteiger partial charge in [0, 0.05) is 26.1 Å². The molecule has 7 heteroatoms. The summed E-state index contributed by atoms with van der Waals surface area (Å²) in [5.41, 5.74) is 3.47. The Morgan fingerprint density at radius 2 is 2.10 bits per heavy atom. The van der Waals surface area contributed by atoms with E-state index in [0.717, 1.165) is 18.7 Å². The van der Waals surface area contributed by atoms with E-state index in [0.29, 0.717) is 12.2 Å². The van der Waals surface area contributed by atoms with E-state index in [9.17, 15) is 8.42 Å². The molecule has 0 fully saturated rings. The predicted octanol–water partition coefficient (Wildman–Crippen LogP) is 1.05. The molecule has 0 aliphatic carbocycles. The first-order chi connectivity index (χ1) is 10.1. The molecule has 112 valence electrons. The molecule has 21 heavy (non-hydrogen) atoms. The zero-order chi connectivity index (χ0) is 14.9. The number of hydrogen-bond acceptors (Lipinski definition) is 4. The van der Waals surface area contributed by atoms with Crippen LogP contribution >= 0.6 is 0 Å². The Labute approximate surface area is 124 Å². The lowest BCUT2D eigenvalue weighted by Gasteiger charge is -2.06. The molecule has 3 rings (SSSR count). The average Bonchev–Trinajstić information content (AvgIpc) is 3.13. The summed E-state index contributed by atoms with van der Waals surface area (Å²) in [5, 5.41) is 3.38. The fourth-order valence-corrected chi connectivity index (χ4v) is 3.33. The van der Waals surface area contributed by atoms with Gasteiger partial charge in [-0.15, -0.1) is 0 Å². The van der Waals surface area contributed by atoms with Gasteiger partial charge in [0.25, 0.3) is 10.0 Å². The number of rotatable bonds is 5. The summed E-state index contributed by atoms with van der Waals surface area (Å²) >= 11 is 0. The van der Waals surface area contributed by atoms with Gasteiger partial charge in [0.05, 0.1) is 6.20 Å². The molecule has 0 saturated heterocycles. The third-order valence-electron chi connectivity index (χ3n) is 3.60. The summed E-state index contributed by atoms with van der Waals surface area (Å²) < 4.78 is 26.9. The van der Waals surface area contributed by atoms with Crippen molar-refractivity contribution in [1.29, 1.82) is 0 Å². The maximum absolute atomic E-state index is 12.2. The lowest BCUT2D eigenvalue weighted by molar-refractivity contribution is 0.578. The number of aromatic nitrogens is 2. The van der Waals surface area contributed by atoms with Crippen LogP contribution in [0.3, 0.4) is 0 Å². The number of imidazole rings is 1. The van der Waals surface area contributed by atoms with Crippen LogP contribution in [0.15, 0.2) is 29.4 Å². The Bertz CT molecular complexity index is 752. The van der Waals surface area contributed by atoms with Crippen LogP contribution in [-0.2, 0) is 36.1 Å². The van der Waals surface area contributed by atoms with Gasteiger partial charge in [-0.05, 0) is 16.7 Å². The summed E-state index contributed by atoms with van der Waals surface area (Å²) in [4.78, 5) is 6.83. The lowest BCUT2D eigenvalue weighted by Crippen LogP contribution is -2.23. The molecular formula is C14H18N4O2S. The first-order valence-corrected chi connectivity index (χ1v) is 8.42. The van der Waals surface area contributed by atoms with Crippen molar-refractivity contribution in [2.75, 3.05) is 0 Å². The van der Waals surface area contributed by atoms with Crippen LogP contribution in [0, 0.1) is 0 Å². The van der Waals surface area contributed by atoms with Gasteiger partial charge in [-0.1, -0.05) is 25.1 Å². The van der Waals surface area contributed by atoms with E-state index in [4.69, 9.17) is 0 Å². The summed E-state index contributed by atoms with van der Waals surface area (Å²) in [6.45, 7) is 3.92. The summed E-state index contributed by atoms with van der Waals surface area (Å²) in [6, 6.07) is 6.05. The standard InChI is InChI=1S/C14H18N4O2S/c1-2-13-16-9-14(18-13)21(19,20)17-6-10-3-4-11-7-15-8-12(11)5-10/h3-5,9,15,17H,2,6-8H2,1H3,(H,16,18). The molecule has 1 aliphatic heterocycles. The maximum atomic E-state index is 12.2. The number of hydrogen-bond donors (Lipinski definition) is 3. The number of aromatic amines is 1. The molecule has 3 N–H and O–H groups in total. The van der Waals surface area contributed by atoms with Gasteiger partial charge in [-0.2, -0.15) is 0 Å². The smallest absolute Gasteiger partial charge is 0.257 e. The largest absolute Gasteiger partial charge is 0.332 e. The number of sulfonamides is 1. The molecule has 1 aromatic carbocycles. The van der Waals surface area contributed by atoms with Crippen molar-refractivity contribution in [3.8, 4) is 0 Å². The van der Waals surface area contributed by atoms with Crippen LogP contribution in [0.5, 0.6) is 0 Å². The van der Waals surface area contributed by atoms with Gasteiger partial charge >= 0.3 is 0 Å². The van der Waals surface area contributed by atoms with Crippen molar-refractivity contribution in [1.82, 2.24) is 20.0 Å². The average molecular weight is 306 g/mol. The van der Waals surface area contributed by atoms with Crippen LogP contribution in [0.4, 0.5) is 0 Å². The van der Waals surface area contributed by atoms with Crippen LogP contribution in [-0.4, -0.2) is 18.4 Å². The van der Waals surface area contributed by atoms with Gasteiger partial charge < -0.3 is 10.3 Å². The van der Waals surface area contributed by atoms with Gasteiger partial charge in [-0.25, -0.2) is 18.1 Å². The predicted molar refractivity (Wildman–Crippen MR) is 79.0 cm³/mol. The third kappa shape index (κ3) is 2.99. The minimum absolute atomic E-state index is 0.113. The number of benzene rings is 1. The third-order valence-corrected chi connectivity index (χ3v) is 4.91. The molecule has 1 aliphatic rings. The van der Waals surface area contributed by atoms with Crippen molar-refractivity contribution in [3.05, 3.63) is 46.9 Å². The molecule has 0 radical (unpaired) electrons. The summed E-state index contributed by atoms with van der Waals surface area (Å²) in [6.07, 6.45) is 2.03. The quantitative estimate of drug-likeness (QED) is 0.771. The van der Waals surface area contributed by atoms with Crippen LogP contribution in [0.2, 0.25) is 0 Å². The Balaban J connectivity index is 1.71. The van der Waals surface area contributed by atoms with Crippen LogP contribution in [0.25, 0.3) is 0 Å². The van der Waals surface area contributed by atoms with Crippen molar-refractivity contribution in [3.63, 3.8) is 0 Å². The molecule has 1 aromatic heterocycles. The second-order valence-electron chi connectivity index (χ2n) is 5.08. The van der Waals surface area contributed by atoms with E-state index in [1.165, 1.54) is 17.3 Å². The molecule has 2 heterocycles. The van der Waals surface area contributed by atoms with E-state index >= 15 is 0 Å². The number of nitrogens with one attached hydrogen (secondary N) is 3. The number of nitrogens with zero attached hydrogens (tertiary/aromatic N) is 1. The zero-order valence-corrected chi connectivity index (χ0v) is 12.6. The van der Waals surface area contributed by atoms with Gasteiger partial charge in [-0.3, -0.25) is 0 Å². The molecule has 0 unspecified atom stereocenters. The highest BCUT2D eigenvalue weighted by Gasteiger charge is 2.17. The monoisotopic (exact) mass is 306 g/mol. The molecule has 2 aromatic rings. The first-order valence-electron chi connectivity index (χ1n) is 6.93. The molecular weight excluding hydrogens is 288 g/mol. The summed E-state index contributed by atoms with van der Waals surface area (Å²) in [5.74, 6) is 0.666. The Kier molecular flexibility index (Phi) is 3.79. The summed E-state index contributed by atoms with van der Waals surface area (Å²) in [7, 11) is -3.55. The lowest BCUT2D eigenvalue weighted by atomic mass is 10.1. The normalized spacial score (nSPS) is 14.3. The van der Waals surface area contributed by atoms with Crippen molar-refractivity contribution in [2.45, 2.75) is 38.0 Å². The van der Waals surface area contributed by atoms with E-state index < -0.39 is 10.0 Å². The second kappa shape index (κ2) is 5.59. The van der Waals surface area contributed by atoms with Crippen LogP contribution in [0.1, 0.15) is 29.4 Å². The minimum atomic E-state index is -3.55. The first kappa shape index (κ1) is 14.2. The topological polar surface area (TPSA) is 86.9 Å². The van der Waals surface area contributed by atoms with Crippen LogP contribution < -0.4 is 10.0 Å². The van der Waals surface area contributed by atoms with Crippen molar-refractivity contribution >= 4 is 10.0 Å². The van der Waals surface area contributed by atoms with Crippen molar-refractivity contribution < 1.29 is 8.42 Å². The molecule has 6 nitrogen and oxygen atoms in total. The molecule has 0 amide bonds. The fourth-order valence-electron chi connectivity index (χ4n) is 2.37. The number of aryl methyl sites for hydroxylation is 1. The fraction of sp³-hybridized carbons (Fsp3) is 0.357. The SMILES string of the molecule is CCc1ncc(S(=O)(=O)NCc2ccc3c(c2)CNC3)[nH]1. The van der Waals surface area contributed by atoms with E-state index in [-0.39, 0.29) is 11.6 Å². The maximum Gasteiger partial charge on any atom is 0.257 e. The molecule has 0 atom stereocenters. The highest BCUT2D eigenvalue weighted by Crippen LogP contribution is 2.17. The Morgan fingerprint density at radius 1 is 1.29 bits per heavy atom. The van der Waals surface area contributed by atoms with Gasteiger partial charge in [0.15, 0.2) is 5.03 Å². The second-order valence-corrected chi connectivity index (χ2v) is 6.81. The minimum Gasteiger partial charge on any atom is -0.332 e. The number of H-pyrrole nitrogens is 1. The van der Waals surface area contributed by atoms with E-state index in [1.54, 1.807) is 0 Å². The van der Waals surface area contributed by atoms with Gasteiger partial charge in [0.1, 0.15) is 5.82 Å². The van der Waals surface area contributed by atoms with E-state index in [1.807, 2.05) is 25.1 Å². The Morgan fingerprint density at radius 3 is 2.86 bits per heavy atom. The van der Waals surface area contributed by atoms with Crippen molar-refractivity contribution in [2.24, 2.45) is 0 Å². The number of fused-ring (bicyclic) bond motifs is 1.